The summed E-state index contributed by atoms with van der Waals surface area (Å²) < 4.78 is 0. The van der Waals surface area contributed by atoms with E-state index in [0.29, 0.717) is 32.1 Å². The molecule has 2 heterocycles. The lowest BCUT2D eigenvalue weighted by atomic mass is 9.97. The van der Waals surface area contributed by atoms with Crippen LogP contribution in [0.3, 0.4) is 0 Å². The van der Waals surface area contributed by atoms with E-state index in [0.717, 1.165) is 22.8 Å². The molecule has 1 aromatic carbocycles. The zero-order valence-corrected chi connectivity index (χ0v) is 16.1. The Bertz CT molecular complexity index is 648. The van der Waals surface area contributed by atoms with Gasteiger partial charge in [0, 0.05) is 43.4 Å². The molecule has 0 aromatic heterocycles. The Balaban J connectivity index is 1.63. The molecule has 6 heteroatoms. The van der Waals surface area contributed by atoms with Crippen LogP contribution >= 0.6 is 11.8 Å². The first-order chi connectivity index (χ1) is 12.0. The number of hydrogen-bond acceptors (Lipinski definition) is 4. The summed E-state index contributed by atoms with van der Waals surface area (Å²) in [7, 11) is 0. The number of amides is 2. The highest BCUT2D eigenvalue weighted by Gasteiger charge is 2.31. The fourth-order valence-corrected chi connectivity index (χ4v) is 4.24. The zero-order chi connectivity index (χ0) is 18.0. The maximum Gasteiger partial charge on any atom is 0.254 e. The van der Waals surface area contributed by atoms with Crippen molar-refractivity contribution < 1.29 is 9.59 Å². The molecule has 2 aliphatic rings. The van der Waals surface area contributed by atoms with E-state index in [1.54, 1.807) is 11.8 Å². The molecule has 136 valence electrons. The van der Waals surface area contributed by atoms with Gasteiger partial charge in [-0.2, -0.15) is 0 Å². The van der Waals surface area contributed by atoms with Gasteiger partial charge in [0.25, 0.3) is 5.91 Å². The van der Waals surface area contributed by atoms with Gasteiger partial charge in [0.1, 0.15) is 0 Å². The van der Waals surface area contributed by atoms with Gasteiger partial charge < -0.3 is 9.80 Å². The highest BCUT2D eigenvalue weighted by Crippen LogP contribution is 2.21. The molecule has 1 atom stereocenters. The fourth-order valence-electron chi connectivity index (χ4n) is 3.30. The van der Waals surface area contributed by atoms with Crippen molar-refractivity contribution in [2.24, 2.45) is 0 Å². The largest absolute Gasteiger partial charge is 0.338 e. The second kappa shape index (κ2) is 7.79. The van der Waals surface area contributed by atoms with Gasteiger partial charge in [0.15, 0.2) is 0 Å². The molecule has 0 spiro atoms. The summed E-state index contributed by atoms with van der Waals surface area (Å²) in [4.78, 5) is 29.2. The van der Waals surface area contributed by atoms with Crippen molar-refractivity contribution in [3.05, 3.63) is 34.9 Å². The van der Waals surface area contributed by atoms with E-state index in [2.05, 4.69) is 25.2 Å². The average Bonchev–Trinajstić information content (AvgIpc) is 3.15. The number of nitrogens with one attached hydrogen (secondary N) is 1. The van der Waals surface area contributed by atoms with Crippen LogP contribution in [0.5, 0.6) is 0 Å². The second-order valence-corrected chi connectivity index (χ2v) is 8.15. The predicted molar refractivity (Wildman–Crippen MR) is 102 cm³/mol. The Labute approximate surface area is 154 Å². The van der Waals surface area contributed by atoms with Gasteiger partial charge in [-0.3, -0.25) is 14.9 Å². The van der Waals surface area contributed by atoms with E-state index in [4.69, 9.17) is 0 Å². The number of rotatable bonds is 3. The molecule has 0 radical (unpaired) electrons. The Morgan fingerprint density at radius 1 is 1.16 bits per heavy atom. The molecule has 2 saturated heterocycles. The maximum absolute atomic E-state index is 12.9. The number of carbonyl (C=O) groups is 2. The first-order valence-electron chi connectivity index (χ1n) is 8.97. The molecule has 1 N–H and O–H groups in total. The Morgan fingerprint density at radius 3 is 2.44 bits per heavy atom. The molecule has 0 aliphatic carbocycles. The monoisotopic (exact) mass is 361 g/mol. The van der Waals surface area contributed by atoms with Gasteiger partial charge >= 0.3 is 0 Å². The Morgan fingerprint density at radius 2 is 1.84 bits per heavy atom. The highest BCUT2D eigenvalue weighted by atomic mass is 32.2. The molecule has 2 amide bonds. The topological polar surface area (TPSA) is 52.7 Å². The van der Waals surface area contributed by atoms with Crippen LogP contribution in [0.1, 0.15) is 41.3 Å². The zero-order valence-electron chi connectivity index (χ0n) is 15.2. The molecule has 1 unspecified atom stereocenters. The number of carbonyl (C=O) groups excluding carboxylic acids is 2. The number of piperazine rings is 1. The van der Waals surface area contributed by atoms with Gasteiger partial charge in [0.05, 0.1) is 6.04 Å². The van der Waals surface area contributed by atoms with E-state index in [9.17, 15) is 9.59 Å². The molecule has 1 aromatic rings. The van der Waals surface area contributed by atoms with E-state index in [-0.39, 0.29) is 17.9 Å². The second-order valence-electron chi connectivity index (χ2n) is 7.12. The summed E-state index contributed by atoms with van der Waals surface area (Å²) in [6.07, 6.45) is 0. The van der Waals surface area contributed by atoms with Crippen molar-refractivity contribution in [1.29, 1.82) is 0 Å². The van der Waals surface area contributed by atoms with Gasteiger partial charge in [-0.15, -0.1) is 11.8 Å². The van der Waals surface area contributed by atoms with Crippen LogP contribution < -0.4 is 5.32 Å². The minimum atomic E-state index is -0.0581. The van der Waals surface area contributed by atoms with Crippen LogP contribution in [0.15, 0.2) is 18.2 Å². The molecular formula is C19H27N3O2S. The summed E-state index contributed by atoms with van der Waals surface area (Å²) >= 11 is 1.76. The molecule has 2 fully saturated rings. The van der Waals surface area contributed by atoms with Crippen LogP contribution in [0.2, 0.25) is 0 Å². The molecule has 3 rings (SSSR count). The number of benzene rings is 1. The molecule has 2 aliphatic heterocycles. The third-order valence-electron chi connectivity index (χ3n) is 5.05. The van der Waals surface area contributed by atoms with Crippen molar-refractivity contribution in [1.82, 2.24) is 15.1 Å². The third kappa shape index (κ3) is 4.01. The van der Waals surface area contributed by atoms with Crippen molar-refractivity contribution in [3.8, 4) is 0 Å². The lowest BCUT2D eigenvalue weighted by molar-refractivity contribution is -0.134. The quantitative estimate of drug-likeness (QED) is 0.895. The molecule has 5 nitrogen and oxygen atoms in total. The lowest BCUT2D eigenvalue weighted by Crippen LogP contribution is -2.54. The molecule has 25 heavy (non-hydrogen) atoms. The van der Waals surface area contributed by atoms with Gasteiger partial charge in [-0.05, 0) is 30.0 Å². The van der Waals surface area contributed by atoms with Crippen LogP contribution in [0.4, 0.5) is 0 Å². The minimum absolute atomic E-state index is 0.0581. The molecule has 0 saturated carbocycles. The van der Waals surface area contributed by atoms with Gasteiger partial charge in [-0.1, -0.05) is 26.0 Å². The third-order valence-corrected chi connectivity index (χ3v) is 5.99. The van der Waals surface area contributed by atoms with Crippen LogP contribution in [-0.2, 0) is 4.79 Å². The van der Waals surface area contributed by atoms with Crippen LogP contribution in [-0.4, -0.2) is 65.5 Å². The normalized spacial score (nSPS) is 21.0. The molecular weight excluding hydrogens is 334 g/mol. The number of aryl methyl sites for hydroxylation is 1. The van der Waals surface area contributed by atoms with E-state index >= 15 is 0 Å². The van der Waals surface area contributed by atoms with E-state index in [1.165, 1.54) is 5.56 Å². The Hall–Kier alpha value is -1.53. The van der Waals surface area contributed by atoms with E-state index < -0.39 is 0 Å². The summed E-state index contributed by atoms with van der Waals surface area (Å²) in [6.45, 7) is 8.72. The predicted octanol–water partition coefficient (Wildman–Crippen LogP) is 2.07. The highest BCUT2D eigenvalue weighted by molar-refractivity contribution is 7.99. The summed E-state index contributed by atoms with van der Waals surface area (Å²) in [5.41, 5.74) is 2.99. The maximum atomic E-state index is 12.9. The van der Waals surface area contributed by atoms with Crippen molar-refractivity contribution >= 4 is 23.6 Å². The summed E-state index contributed by atoms with van der Waals surface area (Å²) in [6, 6.07) is 6.10. The summed E-state index contributed by atoms with van der Waals surface area (Å²) in [5.74, 6) is 2.36. The van der Waals surface area contributed by atoms with Crippen LogP contribution in [0.25, 0.3) is 0 Å². The van der Waals surface area contributed by atoms with Crippen LogP contribution in [0, 0.1) is 6.92 Å². The van der Waals surface area contributed by atoms with Gasteiger partial charge in [-0.25, -0.2) is 0 Å². The first kappa shape index (κ1) is 18.3. The number of nitrogens with zero attached hydrogens (tertiary/aromatic N) is 2. The number of hydrogen-bond donors (Lipinski definition) is 1. The Kier molecular flexibility index (Phi) is 5.69. The van der Waals surface area contributed by atoms with Gasteiger partial charge in [0.2, 0.25) is 5.91 Å². The number of thioether (sulfide) groups is 1. The lowest BCUT2D eigenvalue weighted by Gasteiger charge is -2.36. The fraction of sp³-hybridized carbons (Fsp3) is 0.579. The first-order valence-corrected chi connectivity index (χ1v) is 10.1. The van der Waals surface area contributed by atoms with E-state index in [1.807, 2.05) is 28.9 Å². The smallest absolute Gasteiger partial charge is 0.254 e. The minimum Gasteiger partial charge on any atom is -0.338 e. The standard InChI is InChI=1S/C19H27N3O2S/c1-13(2)15-5-4-14(3)16(10-15)18(23)21-6-8-22(9-7-21)19(24)17-11-25-12-20-17/h4-5,10,13,17,20H,6-9,11-12H2,1-3H3. The SMILES string of the molecule is Cc1ccc(C(C)C)cc1C(=O)N1CCN(C(=O)C2CSCN2)CC1. The summed E-state index contributed by atoms with van der Waals surface area (Å²) in [5, 5.41) is 3.23. The molecule has 0 bridgehead atoms. The van der Waals surface area contributed by atoms with Crippen molar-refractivity contribution in [2.75, 3.05) is 37.8 Å². The van der Waals surface area contributed by atoms with Crippen molar-refractivity contribution in [3.63, 3.8) is 0 Å². The van der Waals surface area contributed by atoms with Crippen molar-refractivity contribution in [2.45, 2.75) is 32.7 Å². The average molecular weight is 362 g/mol.